The highest BCUT2D eigenvalue weighted by molar-refractivity contribution is 5.78. The Hall–Kier alpha value is -1.49. The number of aromatic nitrogens is 1. The number of pyridine rings is 1. The Morgan fingerprint density at radius 2 is 2.10 bits per heavy atom. The van der Waals surface area contributed by atoms with Crippen LogP contribution in [0.1, 0.15) is 18.7 Å². The smallest absolute Gasteiger partial charge is 0.138 e. The first-order chi connectivity index (χ1) is 9.88. The van der Waals surface area contributed by atoms with E-state index in [-0.39, 0.29) is 6.23 Å². The topological polar surface area (TPSA) is 34.6 Å². The number of benzene rings is 1. The van der Waals surface area contributed by atoms with Gasteiger partial charge in [0.15, 0.2) is 0 Å². The summed E-state index contributed by atoms with van der Waals surface area (Å²) in [4.78, 5) is 6.86. The molecule has 0 radical (unpaired) electrons. The van der Waals surface area contributed by atoms with Crippen LogP contribution in [0.3, 0.4) is 0 Å². The Bertz CT molecular complexity index is 567. The van der Waals surface area contributed by atoms with Gasteiger partial charge in [-0.2, -0.15) is 0 Å². The van der Waals surface area contributed by atoms with Crippen LogP contribution in [0.4, 0.5) is 0 Å². The molecule has 0 bridgehead atoms. The maximum atomic E-state index is 5.95. The van der Waals surface area contributed by atoms with Crippen LogP contribution in [-0.4, -0.2) is 42.8 Å². The molecule has 2 aromatic rings. The van der Waals surface area contributed by atoms with Gasteiger partial charge in [-0.1, -0.05) is 18.2 Å². The summed E-state index contributed by atoms with van der Waals surface area (Å²) in [5.41, 5.74) is 2.14. The highest BCUT2D eigenvalue weighted by Crippen LogP contribution is 2.25. The minimum atomic E-state index is -0.0268. The first-order valence-electron chi connectivity index (χ1n) is 7.16. The number of hydrogen-bond donors (Lipinski definition) is 0. The molecule has 4 nitrogen and oxygen atoms in total. The number of rotatable bonds is 4. The van der Waals surface area contributed by atoms with Gasteiger partial charge in [0.2, 0.25) is 0 Å². The first kappa shape index (κ1) is 13.5. The van der Waals surface area contributed by atoms with E-state index in [0.29, 0.717) is 6.61 Å². The van der Waals surface area contributed by atoms with Crippen molar-refractivity contribution < 1.29 is 9.47 Å². The Morgan fingerprint density at radius 3 is 2.90 bits per heavy atom. The largest absolute Gasteiger partial charge is 0.379 e. The van der Waals surface area contributed by atoms with Crippen LogP contribution in [-0.2, 0) is 9.47 Å². The minimum absolute atomic E-state index is 0.0268. The number of morpholine rings is 1. The normalized spacial score (nSPS) is 18.2. The van der Waals surface area contributed by atoms with E-state index < -0.39 is 0 Å². The number of ether oxygens (including phenoxy) is 2. The summed E-state index contributed by atoms with van der Waals surface area (Å²) < 4.78 is 11.4. The van der Waals surface area contributed by atoms with E-state index in [1.165, 1.54) is 0 Å². The Labute approximate surface area is 119 Å². The van der Waals surface area contributed by atoms with Gasteiger partial charge in [0.1, 0.15) is 6.23 Å². The van der Waals surface area contributed by atoms with Gasteiger partial charge in [-0.25, -0.2) is 0 Å². The molecular formula is C16H20N2O2. The highest BCUT2D eigenvalue weighted by Gasteiger charge is 2.23. The molecule has 1 unspecified atom stereocenters. The number of fused-ring (bicyclic) bond motifs is 1. The van der Waals surface area contributed by atoms with E-state index in [1.807, 2.05) is 31.3 Å². The predicted molar refractivity (Wildman–Crippen MR) is 78.5 cm³/mol. The fourth-order valence-electron chi connectivity index (χ4n) is 2.61. The minimum Gasteiger partial charge on any atom is -0.379 e. The third-order valence-electron chi connectivity index (χ3n) is 3.60. The zero-order valence-electron chi connectivity index (χ0n) is 11.8. The summed E-state index contributed by atoms with van der Waals surface area (Å²) in [6.07, 6.45) is 1.90. The molecule has 1 aliphatic heterocycles. The number of nitrogens with zero attached hydrogens (tertiary/aromatic N) is 2. The molecule has 0 saturated carbocycles. The zero-order valence-corrected chi connectivity index (χ0v) is 11.8. The summed E-state index contributed by atoms with van der Waals surface area (Å²) in [6, 6.07) is 10.4. The van der Waals surface area contributed by atoms with Crippen molar-refractivity contribution in [3.05, 3.63) is 42.1 Å². The van der Waals surface area contributed by atoms with E-state index in [4.69, 9.17) is 9.47 Å². The fraction of sp³-hybridized carbons (Fsp3) is 0.438. The predicted octanol–water partition coefficient (Wildman–Crippen LogP) is 2.60. The van der Waals surface area contributed by atoms with Gasteiger partial charge in [0, 0.05) is 36.8 Å². The Kier molecular flexibility index (Phi) is 4.25. The van der Waals surface area contributed by atoms with Crippen LogP contribution in [0.15, 0.2) is 36.5 Å². The van der Waals surface area contributed by atoms with Crippen LogP contribution >= 0.6 is 0 Å². The van der Waals surface area contributed by atoms with Crippen LogP contribution in [0, 0.1) is 0 Å². The lowest BCUT2D eigenvalue weighted by Gasteiger charge is -2.34. The molecule has 2 heterocycles. The molecular weight excluding hydrogens is 252 g/mol. The molecule has 0 aliphatic carbocycles. The van der Waals surface area contributed by atoms with Gasteiger partial charge < -0.3 is 9.47 Å². The van der Waals surface area contributed by atoms with Crippen molar-refractivity contribution in [1.82, 2.24) is 9.88 Å². The lowest BCUT2D eigenvalue weighted by atomic mass is 10.1. The molecule has 0 spiro atoms. The van der Waals surface area contributed by atoms with Gasteiger partial charge in [-0.3, -0.25) is 9.88 Å². The van der Waals surface area contributed by atoms with E-state index in [9.17, 15) is 0 Å². The molecule has 20 heavy (non-hydrogen) atoms. The second kappa shape index (κ2) is 6.31. The zero-order chi connectivity index (χ0) is 13.8. The van der Waals surface area contributed by atoms with Crippen LogP contribution < -0.4 is 0 Å². The number of hydrogen-bond acceptors (Lipinski definition) is 4. The maximum Gasteiger partial charge on any atom is 0.138 e. The fourth-order valence-corrected chi connectivity index (χ4v) is 2.61. The maximum absolute atomic E-state index is 5.95. The number of para-hydroxylation sites is 1. The van der Waals surface area contributed by atoms with Crippen molar-refractivity contribution in [3.8, 4) is 0 Å². The van der Waals surface area contributed by atoms with Crippen molar-refractivity contribution >= 4 is 10.9 Å². The van der Waals surface area contributed by atoms with Gasteiger partial charge in [0.05, 0.1) is 18.7 Å². The van der Waals surface area contributed by atoms with E-state index in [1.54, 1.807) is 0 Å². The molecule has 4 heteroatoms. The van der Waals surface area contributed by atoms with Gasteiger partial charge >= 0.3 is 0 Å². The molecule has 106 valence electrons. The van der Waals surface area contributed by atoms with Gasteiger partial charge in [0.25, 0.3) is 0 Å². The first-order valence-corrected chi connectivity index (χ1v) is 7.16. The van der Waals surface area contributed by atoms with E-state index >= 15 is 0 Å². The van der Waals surface area contributed by atoms with Crippen molar-refractivity contribution in [2.75, 3.05) is 32.9 Å². The van der Waals surface area contributed by atoms with Crippen molar-refractivity contribution in [2.24, 2.45) is 0 Å². The average molecular weight is 272 g/mol. The summed E-state index contributed by atoms with van der Waals surface area (Å²) in [5, 5.41) is 1.16. The molecule has 1 aromatic heterocycles. The molecule has 1 fully saturated rings. The van der Waals surface area contributed by atoms with Crippen LogP contribution in [0.25, 0.3) is 10.9 Å². The molecule has 3 rings (SSSR count). The quantitative estimate of drug-likeness (QED) is 0.857. The van der Waals surface area contributed by atoms with E-state index in [0.717, 1.165) is 42.8 Å². The van der Waals surface area contributed by atoms with Crippen LogP contribution in [0.2, 0.25) is 0 Å². The molecule has 1 aliphatic rings. The third-order valence-corrected chi connectivity index (χ3v) is 3.60. The summed E-state index contributed by atoms with van der Waals surface area (Å²) in [7, 11) is 0. The molecule has 0 amide bonds. The van der Waals surface area contributed by atoms with Gasteiger partial charge in [-0.05, 0) is 19.1 Å². The van der Waals surface area contributed by atoms with Crippen molar-refractivity contribution in [2.45, 2.75) is 13.2 Å². The van der Waals surface area contributed by atoms with E-state index in [2.05, 4.69) is 22.0 Å². The Balaban J connectivity index is 1.91. The second-order valence-corrected chi connectivity index (χ2v) is 4.92. The molecule has 0 N–H and O–H groups in total. The summed E-state index contributed by atoms with van der Waals surface area (Å²) >= 11 is 0. The summed E-state index contributed by atoms with van der Waals surface area (Å²) in [5.74, 6) is 0. The molecule has 1 saturated heterocycles. The highest BCUT2D eigenvalue weighted by atomic mass is 16.5. The lowest BCUT2D eigenvalue weighted by Crippen LogP contribution is -2.40. The second-order valence-electron chi connectivity index (χ2n) is 4.92. The molecule has 1 atom stereocenters. The van der Waals surface area contributed by atoms with Crippen molar-refractivity contribution in [1.29, 1.82) is 0 Å². The lowest BCUT2D eigenvalue weighted by molar-refractivity contribution is -0.0958. The standard InChI is InChI=1S/C16H20N2O2/c1-2-20-16(18-7-9-19-10-8-18)14-11-13-5-3-4-6-15(13)17-12-14/h3-6,11-12,16H,2,7-10H2,1H3. The monoisotopic (exact) mass is 272 g/mol. The van der Waals surface area contributed by atoms with Crippen LogP contribution in [0.5, 0.6) is 0 Å². The van der Waals surface area contributed by atoms with Gasteiger partial charge in [-0.15, -0.1) is 0 Å². The third kappa shape index (κ3) is 2.82. The van der Waals surface area contributed by atoms with Crippen molar-refractivity contribution in [3.63, 3.8) is 0 Å². The Morgan fingerprint density at radius 1 is 1.30 bits per heavy atom. The summed E-state index contributed by atoms with van der Waals surface area (Å²) in [6.45, 7) is 6.06. The molecule has 1 aromatic carbocycles. The SMILES string of the molecule is CCOC(c1cnc2ccccc2c1)N1CCOCC1. The average Bonchev–Trinajstić information content (AvgIpc) is 2.53.